The second-order valence-electron chi connectivity index (χ2n) is 5.39. The van der Waals surface area contributed by atoms with Crippen molar-refractivity contribution in [2.24, 2.45) is 11.1 Å². The standard InChI is InChI=1S/C12H25N3O2/c1-12(4-6-15(2)7-5-12)9-14-11(16)10(13)8-17-3/h10H,4-9,13H2,1-3H3,(H,14,16). The van der Waals surface area contributed by atoms with E-state index in [2.05, 4.69) is 24.2 Å². The summed E-state index contributed by atoms with van der Waals surface area (Å²) >= 11 is 0. The van der Waals surface area contributed by atoms with E-state index in [1.54, 1.807) is 7.11 Å². The van der Waals surface area contributed by atoms with E-state index < -0.39 is 6.04 Å². The van der Waals surface area contributed by atoms with E-state index in [0.717, 1.165) is 25.9 Å². The molecule has 1 fully saturated rings. The highest BCUT2D eigenvalue weighted by atomic mass is 16.5. The third-order valence-electron chi connectivity index (χ3n) is 3.57. The number of piperidine rings is 1. The molecule has 1 amide bonds. The second-order valence-corrected chi connectivity index (χ2v) is 5.39. The predicted molar refractivity (Wildman–Crippen MR) is 67.7 cm³/mol. The molecule has 1 saturated heterocycles. The summed E-state index contributed by atoms with van der Waals surface area (Å²) in [5, 5.41) is 2.93. The highest BCUT2D eigenvalue weighted by Gasteiger charge is 2.29. The Morgan fingerprint density at radius 3 is 2.65 bits per heavy atom. The van der Waals surface area contributed by atoms with Crippen molar-refractivity contribution in [3.05, 3.63) is 0 Å². The minimum Gasteiger partial charge on any atom is -0.383 e. The Bertz CT molecular complexity index is 250. The Balaban J connectivity index is 2.32. The molecule has 0 aromatic heterocycles. The van der Waals surface area contributed by atoms with Crippen LogP contribution in [0, 0.1) is 5.41 Å². The van der Waals surface area contributed by atoms with E-state index in [0.29, 0.717) is 6.54 Å². The number of hydrogen-bond acceptors (Lipinski definition) is 4. The number of carbonyl (C=O) groups excluding carboxylic acids is 1. The summed E-state index contributed by atoms with van der Waals surface area (Å²) in [6.07, 6.45) is 2.23. The van der Waals surface area contributed by atoms with Crippen LogP contribution in [0.3, 0.4) is 0 Å². The smallest absolute Gasteiger partial charge is 0.239 e. The third kappa shape index (κ3) is 4.61. The van der Waals surface area contributed by atoms with Crippen LogP contribution in [0.25, 0.3) is 0 Å². The zero-order valence-electron chi connectivity index (χ0n) is 11.2. The SMILES string of the molecule is COCC(N)C(=O)NCC1(C)CCN(C)CC1. The van der Waals surface area contributed by atoms with Gasteiger partial charge in [-0.15, -0.1) is 0 Å². The zero-order chi connectivity index (χ0) is 12.9. The molecule has 0 saturated carbocycles. The molecule has 100 valence electrons. The number of nitrogens with two attached hydrogens (primary N) is 1. The lowest BCUT2D eigenvalue weighted by Crippen LogP contribution is -2.49. The van der Waals surface area contributed by atoms with Crippen molar-refractivity contribution in [2.75, 3.05) is 40.4 Å². The molecule has 1 aliphatic heterocycles. The van der Waals surface area contributed by atoms with Gasteiger partial charge in [0.2, 0.25) is 5.91 Å². The first-order valence-electron chi connectivity index (χ1n) is 6.18. The van der Waals surface area contributed by atoms with Crippen molar-refractivity contribution in [2.45, 2.75) is 25.8 Å². The minimum absolute atomic E-state index is 0.119. The number of ether oxygens (including phenoxy) is 1. The van der Waals surface area contributed by atoms with Crippen molar-refractivity contribution >= 4 is 5.91 Å². The Morgan fingerprint density at radius 2 is 2.12 bits per heavy atom. The number of nitrogens with one attached hydrogen (secondary N) is 1. The molecule has 0 aliphatic carbocycles. The van der Waals surface area contributed by atoms with E-state index in [-0.39, 0.29) is 17.9 Å². The number of hydrogen-bond donors (Lipinski definition) is 2. The Morgan fingerprint density at radius 1 is 1.53 bits per heavy atom. The topological polar surface area (TPSA) is 67.6 Å². The minimum atomic E-state index is -0.560. The fourth-order valence-corrected chi connectivity index (χ4v) is 2.02. The molecule has 1 heterocycles. The first-order valence-corrected chi connectivity index (χ1v) is 6.18. The van der Waals surface area contributed by atoms with Crippen molar-refractivity contribution < 1.29 is 9.53 Å². The van der Waals surface area contributed by atoms with Gasteiger partial charge in [-0.25, -0.2) is 0 Å². The van der Waals surface area contributed by atoms with Crippen LogP contribution >= 0.6 is 0 Å². The summed E-state index contributed by atoms with van der Waals surface area (Å²) in [4.78, 5) is 14.0. The van der Waals surface area contributed by atoms with E-state index in [1.807, 2.05) is 0 Å². The molecule has 1 aliphatic rings. The fourth-order valence-electron chi connectivity index (χ4n) is 2.02. The quantitative estimate of drug-likeness (QED) is 0.702. The van der Waals surface area contributed by atoms with Gasteiger partial charge in [-0.3, -0.25) is 4.79 Å². The summed E-state index contributed by atoms with van der Waals surface area (Å²) < 4.78 is 4.86. The van der Waals surface area contributed by atoms with Gasteiger partial charge in [-0.1, -0.05) is 6.92 Å². The normalized spacial score (nSPS) is 22.1. The van der Waals surface area contributed by atoms with Crippen molar-refractivity contribution in [1.82, 2.24) is 10.2 Å². The van der Waals surface area contributed by atoms with Gasteiger partial charge in [0.05, 0.1) is 6.61 Å². The first-order chi connectivity index (χ1) is 7.97. The molecule has 0 bridgehead atoms. The van der Waals surface area contributed by atoms with Crippen LogP contribution in [0.15, 0.2) is 0 Å². The van der Waals surface area contributed by atoms with Crippen LogP contribution in [0.4, 0.5) is 0 Å². The summed E-state index contributed by atoms with van der Waals surface area (Å²) in [6.45, 7) is 5.39. The van der Waals surface area contributed by atoms with Crippen LogP contribution in [0.1, 0.15) is 19.8 Å². The molecular weight excluding hydrogens is 218 g/mol. The van der Waals surface area contributed by atoms with E-state index >= 15 is 0 Å². The van der Waals surface area contributed by atoms with Gasteiger partial charge in [-0.05, 0) is 38.4 Å². The largest absolute Gasteiger partial charge is 0.383 e. The molecule has 1 unspecified atom stereocenters. The first kappa shape index (κ1) is 14.4. The van der Waals surface area contributed by atoms with Crippen LogP contribution < -0.4 is 11.1 Å². The van der Waals surface area contributed by atoms with Crippen molar-refractivity contribution in [3.63, 3.8) is 0 Å². The monoisotopic (exact) mass is 243 g/mol. The van der Waals surface area contributed by atoms with E-state index in [9.17, 15) is 4.79 Å². The number of nitrogens with zero attached hydrogens (tertiary/aromatic N) is 1. The Hall–Kier alpha value is -0.650. The predicted octanol–water partition coefficient (Wildman–Crippen LogP) is -0.192. The van der Waals surface area contributed by atoms with Gasteiger partial charge >= 0.3 is 0 Å². The lowest BCUT2D eigenvalue weighted by Gasteiger charge is -2.38. The van der Waals surface area contributed by atoms with Crippen LogP contribution in [0.5, 0.6) is 0 Å². The molecule has 0 aromatic rings. The lowest BCUT2D eigenvalue weighted by molar-refractivity contribution is -0.124. The fraction of sp³-hybridized carbons (Fsp3) is 0.917. The molecule has 17 heavy (non-hydrogen) atoms. The Labute approximate surface area is 104 Å². The van der Waals surface area contributed by atoms with Crippen molar-refractivity contribution in [1.29, 1.82) is 0 Å². The summed E-state index contributed by atoms with van der Waals surface area (Å²) in [5.41, 5.74) is 5.87. The lowest BCUT2D eigenvalue weighted by atomic mass is 9.80. The highest BCUT2D eigenvalue weighted by Crippen LogP contribution is 2.29. The molecule has 1 rings (SSSR count). The van der Waals surface area contributed by atoms with Crippen LogP contribution in [-0.2, 0) is 9.53 Å². The number of rotatable bonds is 5. The molecule has 5 nitrogen and oxygen atoms in total. The average molecular weight is 243 g/mol. The number of methoxy groups -OCH3 is 1. The average Bonchev–Trinajstić information content (AvgIpc) is 2.31. The van der Waals surface area contributed by atoms with Gasteiger partial charge in [0.25, 0.3) is 0 Å². The van der Waals surface area contributed by atoms with E-state index in [4.69, 9.17) is 10.5 Å². The summed E-state index contributed by atoms with van der Waals surface area (Å²) in [6, 6.07) is -0.560. The van der Waals surface area contributed by atoms with Gasteiger partial charge in [0, 0.05) is 13.7 Å². The number of amides is 1. The summed E-state index contributed by atoms with van der Waals surface area (Å²) in [5.74, 6) is -0.119. The van der Waals surface area contributed by atoms with Gasteiger partial charge in [0.1, 0.15) is 6.04 Å². The zero-order valence-corrected chi connectivity index (χ0v) is 11.2. The highest BCUT2D eigenvalue weighted by molar-refractivity contribution is 5.81. The third-order valence-corrected chi connectivity index (χ3v) is 3.57. The molecule has 0 aromatic carbocycles. The second kappa shape index (κ2) is 6.33. The molecule has 0 spiro atoms. The molecule has 1 atom stereocenters. The van der Waals surface area contributed by atoms with Crippen LogP contribution in [0.2, 0.25) is 0 Å². The van der Waals surface area contributed by atoms with Gasteiger partial charge in [0.15, 0.2) is 0 Å². The van der Waals surface area contributed by atoms with Crippen LogP contribution in [-0.4, -0.2) is 57.2 Å². The number of carbonyl (C=O) groups is 1. The van der Waals surface area contributed by atoms with Crippen molar-refractivity contribution in [3.8, 4) is 0 Å². The maximum absolute atomic E-state index is 11.7. The number of likely N-dealkylation sites (tertiary alicyclic amines) is 1. The molecule has 0 radical (unpaired) electrons. The van der Waals surface area contributed by atoms with Gasteiger partial charge in [-0.2, -0.15) is 0 Å². The molecule has 5 heteroatoms. The van der Waals surface area contributed by atoms with E-state index in [1.165, 1.54) is 0 Å². The maximum Gasteiger partial charge on any atom is 0.239 e. The van der Waals surface area contributed by atoms with Gasteiger partial charge < -0.3 is 20.7 Å². The maximum atomic E-state index is 11.7. The molecule has 3 N–H and O–H groups in total. The molecular formula is C12H25N3O2. The Kier molecular flexibility index (Phi) is 5.36. The summed E-state index contributed by atoms with van der Waals surface area (Å²) in [7, 11) is 3.68.